The van der Waals surface area contributed by atoms with Crippen molar-refractivity contribution in [1.82, 2.24) is 4.90 Å². The zero-order valence-electron chi connectivity index (χ0n) is 11.5. The molecule has 2 rings (SSSR count). The largest absolute Gasteiger partial charge is 0.370 e. The summed E-state index contributed by atoms with van der Waals surface area (Å²) in [5.41, 5.74) is 6.92. The van der Waals surface area contributed by atoms with Gasteiger partial charge in [-0.2, -0.15) is 0 Å². The van der Waals surface area contributed by atoms with E-state index in [1.807, 2.05) is 18.0 Å². The quantitative estimate of drug-likeness (QED) is 0.673. The Morgan fingerprint density at radius 3 is 2.79 bits per heavy atom. The molecule has 0 unspecified atom stereocenters. The molecule has 0 heterocycles. The Hall–Kier alpha value is -1.58. The summed E-state index contributed by atoms with van der Waals surface area (Å²) in [6, 6.07) is 6.96. The number of hydrogen-bond donors (Lipinski definition) is 1. The lowest BCUT2D eigenvalue weighted by Gasteiger charge is -2.22. The van der Waals surface area contributed by atoms with Gasteiger partial charge in [0.05, 0.1) is 6.04 Å². The lowest BCUT2D eigenvalue weighted by atomic mass is 9.96. The minimum atomic E-state index is -0.214. The highest BCUT2D eigenvalue weighted by Crippen LogP contribution is 2.20. The fourth-order valence-corrected chi connectivity index (χ4v) is 2.49. The molecule has 0 saturated heterocycles. The van der Waals surface area contributed by atoms with Crippen LogP contribution in [0.15, 0.2) is 29.3 Å². The molecule has 2 N–H and O–H groups in total. The number of aliphatic imine (C=N–C) groups is 1. The molecule has 1 aromatic carbocycles. The molecular formula is C15H22FN3. The van der Waals surface area contributed by atoms with Gasteiger partial charge in [-0.15, -0.1) is 0 Å². The van der Waals surface area contributed by atoms with Gasteiger partial charge in [0, 0.05) is 13.6 Å². The van der Waals surface area contributed by atoms with Gasteiger partial charge in [0.15, 0.2) is 5.96 Å². The minimum absolute atomic E-state index is 0.214. The monoisotopic (exact) mass is 263 g/mol. The van der Waals surface area contributed by atoms with Crippen LogP contribution in [-0.4, -0.2) is 23.9 Å². The molecule has 104 valence electrons. The highest BCUT2D eigenvalue weighted by molar-refractivity contribution is 5.78. The first-order chi connectivity index (χ1) is 9.15. The van der Waals surface area contributed by atoms with Crippen LogP contribution in [0.25, 0.3) is 0 Å². The molecule has 0 radical (unpaired) electrons. The second kappa shape index (κ2) is 6.55. The van der Waals surface area contributed by atoms with E-state index in [1.165, 1.54) is 31.4 Å². The summed E-state index contributed by atoms with van der Waals surface area (Å²) in [4.78, 5) is 6.46. The maximum absolute atomic E-state index is 13.1. The van der Waals surface area contributed by atoms with Crippen LogP contribution in [0.1, 0.15) is 37.7 Å². The first-order valence-electron chi connectivity index (χ1n) is 6.94. The van der Waals surface area contributed by atoms with Crippen molar-refractivity contribution in [3.8, 4) is 0 Å². The van der Waals surface area contributed by atoms with Crippen molar-refractivity contribution in [2.24, 2.45) is 10.7 Å². The van der Waals surface area contributed by atoms with Crippen LogP contribution >= 0.6 is 0 Å². The van der Waals surface area contributed by atoms with Crippen LogP contribution in [0.4, 0.5) is 4.39 Å². The third-order valence-electron chi connectivity index (χ3n) is 3.59. The predicted molar refractivity (Wildman–Crippen MR) is 76.4 cm³/mol. The third kappa shape index (κ3) is 4.23. The van der Waals surface area contributed by atoms with Crippen LogP contribution < -0.4 is 5.73 Å². The highest BCUT2D eigenvalue weighted by Gasteiger charge is 2.13. The molecule has 0 aromatic heterocycles. The molecule has 1 aliphatic carbocycles. The Bertz CT molecular complexity index is 439. The third-order valence-corrected chi connectivity index (χ3v) is 3.59. The van der Waals surface area contributed by atoms with Crippen LogP contribution in [0.5, 0.6) is 0 Å². The van der Waals surface area contributed by atoms with E-state index in [4.69, 9.17) is 5.73 Å². The Balaban J connectivity index is 1.94. The van der Waals surface area contributed by atoms with Crippen LogP contribution in [0, 0.1) is 5.82 Å². The number of nitrogens with zero attached hydrogens (tertiary/aromatic N) is 2. The number of rotatable bonds is 3. The molecule has 19 heavy (non-hydrogen) atoms. The lowest BCUT2D eigenvalue weighted by Crippen LogP contribution is -2.35. The van der Waals surface area contributed by atoms with Crippen LogP contribution in [0.3, 0.4) is 0 Å². The molecule has 1 aliphatic rings. The average Bonchev–Trinajstić information content (AvgIpc) is 2.40. The predicted octanol–water partition coefficient (Wildman–Crippen LogP) is 2.90. The molecule has 0 spiro atoms. The maximum atomic E-state index is 13.1. The van der Waals surface area contributed by atoms with Gasteiger partial charge in [-0.05, 0) is 30.5 Å². The SMILES string of the molecule is CN(Cc1cccc(F)c1)C(N)=NC1CCCCC1. The van der Waals surface area contributed by atoms with Crippen LogP contribution in [0.2, 0.25) is 0 Å². The summed E-state index contributed by atoms with van der Waals surface area (Å²) in [6.45, 7) is 0.583. The van der Waals surface area contributed by atoms with Gasteiger partial charge in [-0.3, -0.25) is 0 Å². The number of nitrogens with two attached hydrogens (primary N) is 1. The van der Waals surface area contributed by atoms with Crippen molar-refractivity contribution in [2.45, 2.75) is 44.7 Å². The van der Waals surface area contributed by atoms with Gasteiger partial charge < -0.3 is 10.6 Å². The fourth-order valence-electron chi connectivity index (χ4n) is 2.49. The van der Waals surface area contributed by atoms with Gasteiger partial charge in [-0.25, -0.2) is 9.38 Å². The van der Waals surface area contributed by atoms with Gasteiger partial charge in [-0.1, -0.05) is 31.4 Å². The molecule has 3 nitrogen and oxygen atoms in total. The normalized spacial score (nSPS) is 17.5. The Kier molecular flexibility index (Phi) is 4.77. The molecule has 1 fully saturated rings. The van der Waals surface area contributed by atoms with Crippen molar-refractivity contribution < 1.29 is 4.39 Å². The van der Waals surface area contributed by atoms with E-state index >= 15 is 0 Å². The minimum Gasteiger partial charge on any atom is -0.370 e. The van der Waals surface area contributed by atoms with Crippen molar-refractivity contribution in [2.75, 3.05) is 7.05 Å². The van der Waals surface area contributed by atoms with E-state index in [9.17, 15) is 4.39 Å². The first kappa shape index (κ1) is 13.8. The van der Waals surface area contributed by atoms with Gasteiger partial charge >= 0.3 is 0 Å². The molecule has 0 amide bonds. The average molecular weight is 263 g/mol. The topological polar surface area (TPSA) is 41.6 Å². The number of hydrogen-bond acceptors (Lipinski definition) is 1. The number of halogens is 1. The molecule has 1 aromatic rings. The smallest absolute Gasteiger partial charge is 0.191 e. The molecular weight excluding hydrogens is 241 g/mol. The van der Waals surface area contributed by atoms with Crippen molar-refractivity contribution in [1.29, 1.82) is 0 Å². The fraction of sp³-hybridized carbons (Fsp3) is 0.533. The molecule has 0 bridgehead atoms. The van der Waals surface area contributed by atoms with Crippen LogP contribution in [-0.2, 0) is 6.54 Å². The van der Waals surface area contributed by atoms with E-state index in [2.05, 4.69) is 4.99 Å². The zero-order chi connectivity index (χ0) is 13.7. The van der Waals surface area contributed by atoms with Gasteiger partial charge in [0.25, 0.3) is 0 Å². The van der Waals surface area contributed by atoms with Crippen molar-refractivity contribution >= 4 is 5.96 Å². The molecule has 0 aliphatic heterocycles. The summed E-state index contributed by atoms with van der Waals surface area (Å²) < 4.78 is 13.1. The standard InChI is InChI=1S/C15H22FN3/c1-19(11-12-6-5-7-13(16)10-12)15(17)18-14-8-3-2-4-9-14/h5-7,10,14H,2-4,8-9,11H2,1H3,(H2,17,18). The van der Waals surface area contributed by atoms with E-state index in [-0.39, 0.29) is 5.82 Å². The highest BCUT2D eigenvalue weighted by atomic mass is 19.1. The Labute approximate surface area is 114 Å². The summed E-state index contributed by atoms with van der Waals surface area (Å²) in [7, 11) is 1.90. The van der Waals surface area contributed by atoms with E-state index in [0.717, 1.165) is 18.4 Å². The first-order valence-corrected chi connectivity index (χ1v) is 6.94. The Morgan fingerprint density at radius 1 is 1.37 bits per heavy atom. The van der Waals surface area contributed by atoms with Gasteiger partial charge in [0.2, 0.25) is 0 Å². The Morgan fingerprint density at radius 2 is 2.11 bits per heavy atom. The summed E-state index contributed by atoms with van der Waals surface area (Å²) >= 11 is 0. The second-order valence-corrected chi connectivity index (χ2v) is 5.27. The molecule has 1 saturated carbocycles. The molecule has 0 atom stereocenters. The summed E-state index contributed by atoms with van der Waals surface area (Å²) in [5, 5.41) is 0. The van der Waals surface area contributed by atoms with E-state index < -0.39 is 0 Å². The zero-order valence-corrected chi connectivity index (χ0v) is 11.5. The summed E-state index contributed by atoms with van der Waals surface area (Å²) in [5.74, 6) is 0.338. The van der Waals surface area contributed by atoms with E-state index in [0.29, 0.717) is 18.5 Å². The van der Waals surface area contributed by atoms with E-state index in [1.54, 1.807) is 6.07 Å². The number of guanidine groups is 1. The maximum Gasteiger partial charge on any atom is 0.191 e. The lowest BCUT2D eigenvalue weighted by molar-refractivity contribution is 0.428. The molecule has 4 heteroatoms. The van der Waals surface area contributed by atoms with Crippen molar-refractivity contribution in [3.05, 3.63) is 35.6 Å². The van der Waals surface area contributed by atoms with Crippen molar-refractivity contribution in [3.63, 3.8) is 0 Å². The number of benzene rings is 1. The second-order valence-electron chi connectivity index (χ2n) is 5.27. The van der Waals surface area contributed by atoms with Gasteiger partial charge in [0.1, 0.15) is 5.82 Å². The summed E-state index contributed by atoms with van der Waals surface area (Å²) in [6.07, 6.45) is 6.07.